The number of nitrogens with one attached hydrogen (secondary N) is 2. The fourth-order valence-corrected chi connectivity index (χ4v) is 2.99. The van der Waals surface area contributed by atoms with Crippen LogP contribution in [0.25, 0.3) is 0 Å². The normalized spacial score (nSPS) is 10.9. The van der Waals surface area contributed by atoms with Gasteiger partial charge in [0.05, 0.1) is 22.3 Å². The van der Waals surface area contributed by atoms with Crippen molar-refractivity contribution in [3.05, 3.63) is 56.4 Å². The van der Waals surface area contributed by atoms with Crippen molar-refractivity contribution in [3.63, 3.8) is 0 Å². The molecule has 0 saturated carbocycles. The molecular weight excluding hydrogens is 337 g/mol. The van der Waals surface area contributed by atoms with Crippen molar-refractivity contribution in [2.75, 3.05) is 4.72 Å². The Morgan fingerprint density at radius 1 is 1.19 bits per heavy atom. The highest BCUT2D eigenvalue weighted by atomic mass is 35.5. The number of aromatic amines is 1. The number of H-pyrrole nitrogens is 1. The van der Waals surface area contributed by atoms with Crippen LogP contribution in [-0.2, 0) is 10.0 Å². The van der Waals surface area contributed by atoms with Crippen LogP contribution in [0.2, 0.25) is 10.0 Å². The van der Waals surface area contributed by atoms with E-state index in [-0.39, 0.29) is 26.2 Å². The van der Waals surface area contributed by atoms with Gasteiger partial charge in [-0.3, -0.25) is 9.52 Å². The smallest absolute Gasteiger partial charge is 0.266 e. The number of halogens is 2. The maximum absolute atomic E-state index is 12.2. The Kier molecular flexibility index (Phi) is 4.23. The number of nitrogens with zero attached hydrogens (tertiary/aromatic N) is 1. The topological polar surface area (TPSA) is 103 Å². The van der Waals surface area contributed by atoms with Gasteiger partial charge < -0.3 is 4.98 Å². The van der Waals surface area contributed by atoms with Gasteiger partial charge in [-0.15, -0.1) is 0 Å². The van der Waals surface area contributed by atoms with E-state index in [1.54, 1.807) is 0 Å². The highest BCUT2D eigenvalue weighted by Gasteiger charge is 2.17. The summed E-state index contributed by atoms with van der Waals surface area (Å²) in [5, 5.41) is 8.69. The molecule has 0 radical (unpaired) electrons. The van der Waals surface area contributed by atoms with Crippen LogP contribution in [0.5, 0.6) is 0 Å². The quantitative estimate of drug-likeness (QED) is 0.892. The van der Waals surface area contributed by atoms with Crippen LogP contribution in [0, 0.1) is 11.3 Å². The summed E-state index contributed by atoms with van der Waals surface area (Å²) in [4.78, 5) is 13.1. The largest absolute Gasteiger partial charge is 0.326 e. The van der Waals surface area contributed by atoms with E-state index in [2.05, 4.69) is 9.71 Å². The molecule has 0 atom stereocenters. The minimum Gasteiger partial charge on any atom is -0.326 e. The molecule has 108 valence electrons. The summed E-state index contributed by atoms with van der Waals surface area (Å²) in [7, 11) is -4.00. The molecule has 2 N–H and O–H groups in total. The van der Waals surface area contributed by atoms with Crippen molar-refractivity contribution in [2.45, 2.75) is 4.90 Å². The Morgan fingerprint density at radius 3 is 2.52 bits per heavy atom. The number of anilines is 1. The van der Waals surface area contributed by atoms with Gasteiger partial charge in [-0.2, -0.15) is 5.26 Å². The van der Waals surface area contributed by atoms with Crippen molar-refractivity contribution in [2.24, 2.45) is 0 Å². The zero-order chi connectivity index (χ0) is 15.6. The molecule has 1 aromatic heterocycles. The van der Waals surface area contributed by atoms with Crippen LogP contribution < -0.4 is 10.3 Å². The lowest BCUT2D eigenvalue weighted by molar-refractivity contribution is 0.600. The highest BCUT2D eigenvalue weighted by Crippen LogP contribution is 2.25. The number of hydrogen-bond acceptors (Lipinski definition) is 4. The summed E-state index contributed by atoms with van der Waals surface area (Å²) in [6, 6.07) is 7.05. The average Bonchev–Trinajstić information content (AvgIpc) is 2.44. The molecule has 0 saturated heterocycles. The van der Waals surface area contributed by atoms with Crippen LogP contribution in [0.15, 0.2) is 40.2 Å². The minimum atomic E-state index is -4.00. The standard InChI is InChI=1S/C12H7Cl2N3O3S/c13-9-2-1-7(5-15)3-11(9)17-21(19,20)8-4-10(14)12(18)16-6-8/h1-4,6,17H,(H,16,18). The average molecular weight is 344 g/mol. The van der Waals surface area contributed by atoms with Gasteiger partial charge in [-0.05, 0) is 24.3 Å². The summed E-state index contributed by atoms with van der Waals surface area (Å²) in [6.45, 7) is 0. The van der Waals surface area contributed by atoms with Crippen LogP contribution >= 0.6 is 23.2 Å². The summed E-state index contributed by atoms with van der Waals surface area (Å²) < 4.78 is 26.6. The maximum atomic E-state index is 12.2. The van der Waals surface area contributed by atoms with Crippen molar-refractivity contribution in [1.82, 2.24) is 4.98 Å². The summed E-state index contributed by atoms with van der Waals surface area (Å²) >= 11 is 11.5. The van der Waals surface area contributed by atoms with Crippen molar-refractivity contribution >= 4 is 38.9 Å². The third kappa shape index (κ3) is 3.36. The van der Waals surface area contributed by atoms with Gasteiger partial charge in [0.2, 0.25) is 0 Å². The van der Waals surface area contributed by atoms with Crippen LogP contribution in [0.1, 0.15) is 5.56 Å². The molecule has 21 heavy (non-hydrogen) atoms. The van der Waals surface area contributed by atoms with Gasteiger partial charge in [-0.25, -0.2) is 8.42 Å². The predicted molar refractivity (Wildman–Crippen MR) is 79.0 cm³/mol. The Morgan fingerprint density at radius 2 is 1.90 bits per heavy atom. The third-order valence-electron chi connectivity index (χ3n) is 2.48. The number of pyridine rings is 1. The van der Waals surface area contributed by atoms with Crippen LogP contribution in [-0.4, -0.2) is 13.4 Å². The van der Waals surface area contributed by atoms with E-state index >= 15 is 0 Å². The number of nitriles is 1. The van der Waals surface area contributed by atoms with E-state index in [0.717, 1.165) is 12.3 Å². The van der Waals surface area contributed by atoms with E-state index in [4.69, 9.17) is 28.5 Å². The monoisotopic (exact) mass is 343 g/mol. The third-order valence-corrected chi connectivity index (χ3v) is 4.44. The van der Waals surface area contributed by atoms with Crippen molar-refractivity contribution in [1.29, 1.82) is 5.26 Å². The lowest BCUT2D eigenvalue weighted by Crippen LogP contribution is -2.16. The molecule has 0 fully saturated rings. The second-order valence-corrected chi connectivity index (χ2v) is 6.42. The van der Waals surface area contributed by atoms with Crippen molar-refractivity contribution in [3.8, 4) is 6.07 Å². The van der Waals surface area contributed by atoms with E-state index < -0.39 is 15.6 Å². The van der Waals surface area contributed by atoms with Gasteiger partial charge in [0.25, 0.3) is 15.6 Å². The number of hydrogen-bond donors (Lipinski definition) is 2. The van der Waals surface area contributed by atoms with Gasteiger partial charge >= 0.3 is 0 Å². The number of benzene rings is 1. The fourth-order valence-electron chi connectivity index (χ4n) is 1.47. The Balaban J connectivity index is 2.44. The zero-order valence-electron chi connectivity index (χ0n) is 10.2. The molecule has 9 heteroatoms. The van der Waals surface area contributed by atoms with Crippen molar-refractivity contribution < 1.29 is 8.42 Å². The van der Waals surface area contributed by atoms with E-state index in [9.17, 15) is 13.2 Å². The van der Waals surface area contributed by atoms with E-state index in [1.165, 1.54) is 18.2 Å². The molecule has 2 aromatic rings. The molecular formula is C12H7Cl2N3O3S. The summed E-state index contributed by atoms with van der Waals surface area (Å²) in [5.74, 6) is 0. The van der Waals surface area contributed by atoms with Crippen LogP contribution in [0.3, 0.4) is 0 Å². The van der Waals surface area contributed by atoms with Gasteiger partial charge in [0.1, 0.15) is 9.92 Å². The summed E-state index contributed by atoms with van der Waals surface area (Å²) in [6.07, 6.45) is 1.01. The lowest BCUT2D eigenvalue weighted by atomic mass is 10.2. The Labute approximate surface area is 130 Å². The Hall–Kier alpha value is -2.01. The highest BCUT2D eigenvalue weighted by molar-refractivity contribution is 7.92. The minimum absolute atomic E-state index is 0.0537. The second kappa shape index (κ2) is 5.77. The molecule has 0 aliphatic rings. The Bertz CT molecular complexity index is 901. The molecule has 0 amide bonds. The molecule has 1 aromatic carbocycles. The molecule has 1 heterocycles. The van der Waals surface area contributed by atoms with Gasteiger partial charge in [0, 0.05) is 6.20 Å². The zero-order valence-corrected chi connectivity index (χ0v) is 12.6. The molecule has 0 spiro atoms. The predicted octanol–water partition coefficient (Wildman–Crippen LogP) is 2.35. The molecule has 6 nitrogen and oxygen atoms in total. The fraction of sp³-hybridized carbons (Fsp3) is 0. The van der Waals surface area contributed by atoms with E-state index in [0.29, 0.717) is 0 Å². The van der Waals surface area contributed by atoms with E-state index in [1.807, 2.05) is 6.07 Å². The first kappa shape index (κ1) is 15.4. The van der Waals surface area contributed by atoms with Crippen LogP contribution in [0.4, 0.5) is 5.69 Å². The first-order valence-corrected chi connectivity index (χ1v) is 7.68. The molecule has 0 aliphatic heterocycles. The summed E-state index contributed by atoms with van der Waals surface area (Å²) in [5.41, 5.74) is -0.297. The van der Waals surface area contributed by atoms with Gasteiger partial charge in [0.15, 0.2) is 0 Å². The van der Waals surface area contributed by atoms with Gasteiger partial charge in [-0.1, -0.05) is 23.2 Å². The second-order valence-electron chi connectivity index (χ2n) is 3.92. The first-order valence-electron chi connectivity index (χ1n) is 5.44. The first-order chi connectivity index (χ1) is 9.83. The molecule has 0 aliphatic carbocycles. The number of aromatic nitrogens is 1. The molecule has 0 bridgehead atoms. The SMILES string of the molecule is N#Cc1ccc(Cl)c(NS(=O)(=O)c2c[nH]c(=O)c(Cl)c2)c1. The molecule has 0 unspecified atom stereocenters. The maximum Gasteiger partial charge on any atom is 0.266 e. The number of sulfonamides is 1. The number of rotatable bonds is 3. The molecule has 2 rings (SSSR count). The lowest BCUT2D eigenvalue weighted by Gasteiger charge is -2.09.